The van der Waals surface area contributed by atoms with Gasteiger partial charge >= 0.3 is 5.97 Å². The van der Waals surface area contributed by atoms with Gasteiger partial charge < -0.3 is 19.1 Å². The topological polar surface area (TPSA) is 73.6 Å². The van der Waals surface area contributed by atoms with E-state index in [1.165, 1.54) is 6.07 Å². The standard InChI is InChI=1S/C33H35FN2O4/c1-19-23-13-10-16-39-29(23)26(34)18-24(19)28-25-17-22(15-14-21-11-8-7-9-12-21)36(6)31(25)35-20(2)27(28)30(32(37)38)40-33(3,4)5/h7-9,11-12,14-15,17-18,30H,10,13,16H2,1-6H3,(H,37,38). The van der Waals surface area contributed by atoms with Gasteiger partial charge in [0.2, 0.25) is 0 Å². The number of pyridine rings is 1. The fourth-order valence-electron chi connectivity index (χ4n) is 5.50. The van der Waals surface area contributed by atoms with Gasteiger partial charge in [-0.25, -0.2) is 14.2 Å². The van der Waals surface area contributed by atoms with Crippen molar-refractivity contribution >= 4 is 29.2 Å². The molecular formula is C33H35FN2O4. The fourth-order valence-corrected chi connectivity index (χ4v) is 5.50. The Morgan fingerprint density at radius 1 is 1.18 bits per heavy atom. The molecule has 208 valence electrons. The minimum Gasteiger partial charge on any atom is -0.490 e. The first-order valence-electron chi connectivity index (χ1n) is 13.5. The van der Waals surface area contributed by atoms with Gasteiger partial charge in [-0.2, -0.15) is 0 Å². The number of nitrogens with zero attached hydrogens (tertiary/aromatic N) is 2. The minimum absolute atomic E-state index is 0.288. The van der Waals surface area contributed by atoms with Gasteiger partial charge in [0.25, 0.3) is 0 Å². The molecule has 5 rings (SSSR count). The zero-order valence-corrected chi connectivity index (χ0v) is 23.8. The Morgan fingerprint density at radius 2 is 1.90 bits per heavy atom. The van der Waals surface area contributed by atoms with E-state index in [9.17, 15) is 9.90 Å². The smallest absolute Gasteiger partial charge is 0.337 e. The van der Waals surface area contributed by atoms with Crippen molar-refractivity contribution in [1.29, 1.82) is 0 Å². The van der Waals surface area contributed by atoms with Crippen molar-refractivity contribution in [2.45, 2.75) is 59.2 Å². The Morgan fingerprint density at radius 3 is 2.58 bits per heavy atom. The zero-order chi connectivity index (χ0) is 28.8. The van der Waals surface area contributed by atoms with E-state index in [2.05, 4.69) is 0 Å². The van der Waals surface area contributed by atoms with Gasteiger partial charge in [0.05, 0.1) is 12.2 Å². The van der Waals surface area contributed by atoms with E-state index < -0.39 is 23.5 Å². The highest BCUT2D eigenvalue weighted by Crippen LogP contribution is 2.44. The van der Waals surface area contributed by atoms with Crippen molar-refractivity contribution in [2.24, 2.45) is 7.05 Å². The second kappa shape index (κ2) is 10.5. The molecule has 0 aliphatic carbocycles. The number of benzene rings is 2. The van der Waals surface area contributed by atoms with Crippen molar-refractivity contribution in [3.8, 4) is 16.9 Å². The lowest BCUT2D eigenvalue weighted by Crippen LogP contribution is -2.28. The molecule has 0 amide bonds. The van der Waals surface area contributed by atoms with E-state index in [1.807, 2.05) is 87.9 Å². The number of carboxylic acid groups (broad SMARTS) is 1. The van der Waals surface area contributed by atoms with E-state index >= 15 is 4.39 Å². The lowest BCUT2D eigenvalue weighted by atomic mass is 9.86. The zero-order valence-electron chi connectivity index (χ0n) is 23.8. The van der Waals surface area contributed by atoms with Gasteiger partial charge in [0.1, 0.15) is 5.65 Å². The van der Waals surface area contributed by atoms with Crippen LogP contribution in [0.25, 0.3) is 34.3 Å². The summed E-state index contributed by atoms with van der Waals surface area (Å²) in [6, 6.07) is 13.4. The molecule has 0 radical (unpaired) electrons. The first kappa shape index (κ1) is 27.6. The molecule has 0 saturated heterocycles. The van der Waals surface area contributed by atoms with Crippen LogP contribution in [0.1, 0.15) is 66.9 Å². The van der Waals surface area contributed by atoms with Crippen LogP contribution in [0.3, 0.4) is 0 Å². The maximum Gasteiger partial charge on any atom is 0.337 e. The number of carboxylic acids is 1. The summed E-state index contributed by atoms with van der Waals surface area (Å²) in [4.78, 5) is 17.6. The summed E-state index contributed by atoms with van der Waals surface area (Å²) in [5.74, 6) is -1.29. The molecule has 3 heterocycles. The molecule has 1 aliphatic heterocycles. The predicted molar refractivity (Wildman–Crippen MR) is 156 cm³/mol. The van der Waals surface area contributed by atoms with Crippen LogP contribution in [0.2, 0.25) is 0 Å². The van der Waals surface area contributed by atoms with E-state index in [4.69, 9.17) is 14.5 Å². The van der Waals surface area contributed by atoms with Crippen LogP contribution in [0, 0.1) is 19.7 Å². The average Bonchev–Trinajstić information content (AvgIpc) is 3.22. The lowest BCUT2D eigenvalue weighted by Gasteiger charge is -2.29. The third-order valence-corrected chi connectivity index (χ3v) is 7.35. The Kier molecular flexibility index (Phi) is 7.27. The second-order valence-corrected chi connectivity index (χ2v) is 11.3. The molecule has 1 unspecified atom stereocenters. The molecule has 2 aromatic carbocycles. The molecule has 40 heavy (non-hydrogen) atoms. The fraction of sp³-hybridized carbons (Fsp3) is 0.333. The number of hydrogen-bond acceptors (Lipinski definition) is 4. The summed E-state index contributed by atoms with van der Waals surface area (Å²) in [6.45, 7) is 9.68. The third-order valence-electron chi connectivity index (χ3n) is 7.35. The highest BCUT2D eigenvalue weighted by molar-refractivity contribution is 6.00. The van der Waals surface area contributed by atoms with Gasteiger partial charge in [-0.15, -0.1) is 0 Å². The number of halogens is 1. The average molecular weight is 543 g/mol. The van der Waals surface area contributed by atoms with Gasteiger partial charge in [-0.3, -0.25) is 0 Å². The van der Waals surface area contributed by atoms with Crippen LogP contribution in [-0.2, 0) is 23.0 Å². The highest BCUT2D eigenvalue weighted by Gasteiger charge is 2.34. The first-order valence-corrected chi connectivity index (χ1v) is 13.5. The molecule has 6 nitrogen and oxygen atoms in total. The molecule has 0 fully saturated rings. The van der Waals surface area contributed by atoms with Crippen molar-refractivity contribution in [3.63, 3.8) is 0 Å². The van der Waals surface area contributed by atoms with Gasteiger partial charge in [0.15, 0.2) is 17.7 Å². The number of fused-ring (bicyclic) bond motifs is 2. The number of carbonyl (C=O) groups is 1. The Hall–Kier alpha value is -3.97. The van der Waals surface area contributed by atoms with Crippen LogP contribution in [0.5, 0.6) is 5.75 Å². The van der Waals surface area contributed by atoms with Crippen LogP contribution in [0.4, 0.5) is 4.39 Å². The third kappa shape index (κ3) is 5.13. The number of ether oxygens (including phenoxy) is 2. The molecule has 0 saturated carbocycles. The maximum atomic E-state index is 15.5. The van der Waals surface area contributed by atoms with Crippen LogP contribution >= 0.6 is 0 Å². The highest BCUT2D eigenvalue weighted by atomic mass is 19.1. The summed E-state index contributed by atoms with van der Waals surface area (Å²) in [6.07, 6.45) is 4.20. The van der Waals surface area contributed by atoms with Crippen LogP contribution in [-0.4, -0.2) is 32.8 Å². The maximum absolute atomic E-state index is 15.5. The van der Waals surface area contributed by atoms with Crippen molar-refractivity contribution in [1.82, 2.24) is 9.55 Å². The molecular weight excluding hydrogens is 507 g/mol. The summed E-state index contributed by atoms with van der Waals surface area (Å²) < 4.78 is 29.3. The predicted octanol–water partition coefficient (Wildman–Crippen LogP) is 7.43. The molecule has 0 bridgehead atoms. The number of aromatic nitrogens is 2. The molecule has 2 aromatic heterocycles. The van der Waals surface area contributed by atoms with Crippen LogP contribution in [0.15, 0.2) is 42.5 Å². The summed E-state index contributed by atoms with van der Waals surface area (Å²) in [5.41, 5.74) is 5.75. The number of aryl methyl sites for hydroxylation is 2. The quantitative estimate of drug-likeness (QED) is 0.274. The van der Waals surface area contributed by atoms with E-state index in [1.54, 1.807) is 6.92 Å². The number of aliphatic carboxylic acids is 1. The van der Waals surface area contributed by atoms with E-state index in [0.717, 1.165) is 34.2 Å². The Bertz CT molecular complexity index is 1630. The van der Waals surface area contributed by atoms with Gasteiger partial charge in [-0.1, -0.05) is 36.4 Å². The Labute approximate surface area is 234 Å². The normalized spacial score (nSPS) is 14.4. The number of hydrogen-bond donors (Lipinski definition) is 1. The van der Waals surface area contributed by atoms with Gasteiger partial charge in [0, 0.05) is 40.5 Å². The van der Waals surface area contributed by atoms with E-state index in [0.29, 0.717) is 41.1 Å². The van der Waals surface area contributed by atoms with Crippen molar-refractivity contribution < 1.29 is 23.8 Å². The largest absolute Gasteiger partial charge is 0.490 e. The SMILES string of the molecule is Cc1nc2c(cc(C=Cc3ccccc3)n2C)c(-c2cc(F)c3c(c2C)CCCO3)c1C(OC(C)(C)C)C(=O)O. The molecule has 1 atom stereocenters. The van der Waals surface area contributed by atoms with Gasteiger partial charge in [-0.05, 0) is 82.4 Å². The van der Waals surface area contributed by atoms with Crippen LogP contribution < -0.4 is 4.74 Å². The first-order chi connectivity index (χ1) is 19.0. The molecule has 4 aromatic rings. The molecule has 0 spiro atoms. The minimum atomic E-state index is -1.30. The summed E-state index contributed by atoms with van der Waals surface area (Å²) in [7, 11) is 1.93. The summed E-state index contributed by atoms with van der Waals surface area (Å²) in [5, 5.41) is 11.1. The van der Waals surface area contributed by atoms with Crippen molar-refractivity contribution in [3.05, 3.63) is 81.9 Å². The van der Waals surface area contributed by atoms with Crippen molar-refractivity contribution in [2.75, 3.05) is 6.61 Å². The summed E-state index contributed by atoms with van der Waals surface area (Å²) >= 11 is 0. The molecule has 1 aliphatic rings. The Balaban J connectivity index is 1.83. The molecule has 7 heteroatoms. The lowest BCUT2D eigenvalue weighted by molar-refractivity contribution is -0.160. The second-order valence-electron chi connectivity index (χ2n) is 11.3. The van der Waals surface area contributed by atoms with E-state index in [-0.39, 0.29) is 5.75 Å². The molecule has 1 N–H and O–H groups in total. The monoisotopic (exact) mass is 542 g/mol. The number of rotatable bonds is 6.